The Morgan fingerprint density at radius 2 is 2.16 bits per heavy atom. The average Bonchev–Trinajstić information content (AvgIpc) is 2.72. The van der Waals surface area contributed by atoms with Crippen molar-refractivity contribution in [3.63, 3.8) is 0 Å². The molecule has 2 heterocycles. The van der Waals surface area contributed by atoms with E-state index >= 15 is 0 Å². The molecule has 0 radical (unpaired) electrons. The SMILES string of the molecule is CCC(=O)N(C)C[C@@H]1Oc2ncc(C#CC(C)(C)O)cc2C(=O)N([C@H](C)CO)C[C@H]1C. The molecule has 0 spiro atoms. The third-order valence-corrected chi connectivity index (χ3v) is 5.22. The van der Waals surface area contributed by atoms with Gasteiger partial charge in [-0.1, -0.05) is 25.7 Å². The Labute approximate surface area is 184 Å². The second-order valence-electron chi connectivity index (χ2n) is 8.64. The molecule has 0 bridgehead atoms. The van der Waals surface area contributed by atoms with Gasteiger partial charge in [-0.25, -0.2) is 4.98 Å². The number of aliphatic hydroxyl groups is 2. The number of aliphatic hydroxyl groups excluding tert-OH is 1. The van der Waals surface area contributed by atoms with Crippen LogP contribution in [0.3, 0.4) is 0 Å². The minimum atomic E-state index is -1.18. The topological polar surface area (TPSA) is 103 Å². The summed E-state index contributed by atoms with van der Waals surface area (Å²) in [6.45, 7) is 9.20. The molecule has 3 atom stereocenters. The summed E-state index contributed by atoms with van der Waals surface area (Å²) in [6.07, 6.45) is 1.50. The molecule has 2 amide bonds. The van der Waals surface area contributed by atoms with Gasteiger partial charge in [0.25, 0.3) is 5.91 Å². The Balaban J connectivity index is 2.49. The molecular formula is C23H33N3O5. The molecule has 31 heavy (non-hydrogen) atoms. The van der Waals surface area contributed by atoms with Crippen molar-refractivity contribution in [1.29, 1.82) is 0 Å². The molecule has 1 aliphatic heterocycles. The zero-order valence-corrected chi connectivity index (χ0v) is 19.2. The number of ether oxygens (including phenoxy) is 1. The van der Waals surface area contributed by atoms with Gasteiger partial charge in [0, 0.05) is 37.7 Å². The summed E-state index contributed by atoms with van der Waals surface area (Å²) in [6, 6.07) is 1.19. The van der Waals surface area contributed by atoms with Gasteiger partial charge in [0.2, 0.25) is 11.8 Å². The van der Waals surface area contributed by atoms with E-state index in [0.29, 0.717) is 25.1 Å². The van der Waals surface area contributed by atoms with Crippen molar-refractivity contribution in [2.24, 2.45) is 5.92 Å². The molecule has 8 nitrogen and oxygen atoms in total. The van der Waals surface area contributed by atoms with Gasteiger partial charge in [-0.15, -0.1) is 0 Å². The first kappa shape index (κ1) is 24.6. The second-order valence-corrected chi connectivity index (χ2v) is 8.64. The molecule has 0 unspecified atom stereocenters. The predicted octanol–water partition coefficient (Wildman–Crippen LogP) is 1.29. The Kier molecular flexibility index (Phi) is 8.04. The van der Waals surface area contributed by atoms with Gasteiger partial charge in [0.1, 0.15) is 17.3 Å². The van der Waals surface area contributed by atoms with Crippen LogP contribution in [-0.4, -0.2) is 81.3 Å². The highest BCUT2D eigenvalue weighted by Gasteiger charge is 2.34. The molecule has 0 fully saturated rings. The summed E-state index contributed by atoms with van der Waals surface area (Å²) in [4.78, 5) is 32.9. The minimum Gasteiger partial charge on any atom is -0.472 e. The van der Waals surface area contributed by atoms with Gasteiger partial charge in [-0.3, -0.25) is 9.59 Å². The van der Waals surface area contributed by atoms with Crippen molar-refractivity contribution in [3.05, 3.63) is 23.4 Å². The van der Waals surface area contributed by atoms with Gasteiger partial charge >= 0.3 is 0 Å². The first-order chi connectivity index (χ1) is 14.5. The van der Waals surface area contributed by atoms with Crippen molar-refractivity contribution < 1.29 is 24.5 Å². The number of likely N-dealkylation sites (N-methyl/N-ethyl adjacent to an activating group) is 1. The van der Waals surface area contributed by atoms with Crippen LogP contribution in [0.2, 0.25) is 0 Å². The van der Waals surface area contributed by atoms with Gasteiger partial charge in [-0.05, 0) is 26.8 Å². The minimum absolute atomic E-state index is 0.0000544. The van der Waals surface area contributed by atoms with Crippen LogP contribution in [0.5, 0.6) is 5.88 Å². The standard InChI is InChI=1S/C23H33N3O5/c1-7-20(28)25(6)13-19-15(2)12-26(16(3)14-27)22(29)18-10-17(8-9-23(4,5)30)11-24-21(18)31-19/h10-11,15-16,19,27,30H,7,12-14H2,1-6H3/t15-,16-,19+/m1/s1. The molecule has 1 aromatic rings. The fraction of sp³-hybridized carbons (Fsp3) is 0.609. The average molecular weight is 432 g/mol. The molecular weight excluding hydrogens is 398 g/mol. The highest BCUT2D eigenvalue weighted by atomic mass is 16.5. The summed E-state index contributed by atoms with van der Waals surface area (Å²) in [7, 11) is 1.73. The number of nitrogens with zero attached hydrogens (tertiary/aromatic N) is 3. The number of pyridine rings is 1. The van der Waals surface area contributed by atoms with Crippen LogP contribution in [-0.2, 0) is 4.79 Å². The molecule has 8 heteroatoms. The van der Waals surface area contributed by atoms with Crippen molar-refractivity contribution in [2.75, 3.05) is 26.7 Å². The third kappa shape index (κ3) is 6.42. The molecule has 1 aliphatic rings. The van der Waals surface area contributed by atoms with E-state index in [-0.39, 0.29) is 41.9 Å². The zero-order chi connectivity index (χ0) is 23.3. The number of hydrogen-bond acceptors (Lipinski definition) is 6. The van der Waals surface area contributed by atoms with Crippen LogP contribution < -0.4 is 4.74 Å². The van der Waals surface area contributed by atoms with Crippen LogP contribution in [0.25, 0.3) is 0 Å². The Morgan fingerprint density at radius 3 is 2.74 bits per heavy atom. The number of fused-ring (bicyclic) bond motifs is 1. The zero-order valence-electron chi connectivity index (χ0n) is 19.2. The molecule has 1 aromatic heterocycles. The summed E-state index contributed by atoms with van der Waals surface area (Å²) < 4.78 is 6.13. The number of aromatic nitrogens is 1. The number of rotatable bonds is 5. The van der Waals surface area contributed by atoms with Crippen molar-refractivity contribution in [3.8, 4) is 17.7 Å². The molecule has 2 N–H and O–H groups in total. The van der Waals surface area contributed by atoms with Gasteiger partial charge < -0.3 is 24.7 Å². The Bertz CT molecular complexity index is 868. The number of amides is 2. The maximum atomic E-state index is 13.3. The van der Waals surface area contributed by atoms with Crippen molar-refractivity contribution >= 4 is 11.8 Å². The largest absolute Gasteiger partial charge is 0.472 e. The van der Waals surface area contributed by atoms with E-state index in [2.05, 4.69) is 16.8 Å². The first-order valence-electron chi connectivity index (χ1n) is 10.5. The lowest BCUT2D eigenvalue weighted by Gasteiger charge is -2.37. The lowest BCUT2D eigenvalue weighted by atomic mass is 9.99. The quantitative estimate of drug-likeness (QED) is 0.681. The van der Waals surface area contributed by atoms with E-state index in [4.69, 9.17) is 4.74 Å². The van der Waals surface area contributed by atoms with Gasteiger partial charge in [-0.2, -0.15) is 0 Å². The number of hydrogen-bond donors (Lipinski definition) is 2. The van der Waals surface area contributed by atoms with E-state index in [1.807, 2.05) is 6.92 Å². The second kappa shape index (κ2) is 10.1. The fourth-order valence-electron chi connectivity index (χ4n) is 3.26. The highest BCUT2D eigenvalue weighted by Crippen LogP contribution is 2.27. The van der Waals surface area contributed by atoms with Crippen molar-refractivity contribution in [1.82, 2.24) is 14.8 Å². The molecule has 0 saturated heterocycles. The Morgan fingerprint density at radius 1 is 1.48 bits per heavy atom. The van der Waals surface area contributed by atoms with E-state index in [1.165, 1.54) is 6.20 Å². The third-order valence-electron chi connectivity index (χ3n) is 5.22. The first-order valence-corrected chi connectivity index (χ1v) is 10.5. The van der Waals surface area contributed by atoms with E-state index in [0.717, 1.165) is 0 Å². The number of carbonyl (C=O) groups excluding carboxylic acids is 2. The van der Waals surface area contributed by atoms with Crippen LogP contribution >= 0.6 is 0 Å². The lowest BCUT2D eigenvalue weighted by molar-refractivity contribution is -0.131. The van der Waals surface area contributed by atoms with Crippen LogP contribution in [0.4, 0.5) is 0 Å². The predicted molar refractivity (Wildman–Crippen MR) is 117 cm³/mol. The summed E-state index contributed by atoms with van der Waals surface area (Å²) in [5, 5.41) is 19.6. The summed E-state index contributed by atoms with van der Waals surface area (Å²) >= 11 is 0. The lowest BCUT2D eigenvalue weighted by Crippen LogP contribution is -2.50. The molecule has 0 saturated carbocycles. The van der Waals surface area contributed by atoms with E-state index < -0.39 is 11.6 Å². The molecule has 2 rings (SSSR count). The molecule has 0 aliphatic carbocycles. The van der Waals surface area contributed by atoms with E-state index in [9.17, 15) is 19.8 Å². The van der Waals surface area contributed by atoms with Gasteiger partial charge in [0.15, 0.2) is 0 Å². The smallest absolute Gasteiger partial charge is 0.259 e. The maximum Gasteiger partial charge on any atom is 0.259 e. The normalized spacial score (nSPS) is 19.9. The Hall–Kier alpha value is -2.63. The van der Waals surface area contributed by atoms with Crippen molar-refractivity contribution in [2.45, 2.75) is 58.8 Å². The molecule has 0 aromatic carbocycles. The number of carbonyl (C=O) groups is 2. The van der Waals surface area contributed by atoms with Crippen LogP contribution in [0.1, 0.15) is 57.0 Å². The van der Waals surface area contributed by atoms with Crippen LogP contribution in [0.15, 0.2) is 12.3 Å². The molecule has 170 valence electrons. The highest BCUT2D eigenvalue weighted by molar-refractivity contribution is 5.97. The maximum absolute atomic E-state index is 13.3. The van der Waals surface area contributed by atoms with Crippen LogP contribution in [0, 0.1) is 17.8 Å². The van der Waals surface area contributed by atoms with E-state index in [1.54, 1.807) is 50.6 Å². The monoisotopic (exact) mass is 431 g/mol. The summed E-state index contributed by atoms with van der Waals surface area (Å²) in [5.74, 6) is 5.30. The summed E-state index contributed by atoms with van der Waals surface area (Å²) in [5.41, 5.74) is -0.471. The van der Waals surface area contributed by atoms with Gasteiger partial charge in [0.05, 0.1) is 19.2 Å². The fourth-order valence-corrected chi connectivity index (χ4v) is 3.26.